The van der Waals surface area contributed by atoms with Gasteiger partial charge in [-0.05, 0) is 82.7 Å². The van der Waals surface area contributed by atoms with Gasteiger partial charge in [0.25, 0.3) is 5.91 Å². The predicted molar refractivity (Wildman–Crippen MR) is 156 cm³/mol. The van der Waals surface area contributed by atoms with Gasteiger partial charge in [0.1, 0.15) is 10.6 Å². The molecule has 0 unspecified atom stereocenters. The Morgan fingerprint density at radius 2 is 1.74 bits per heavy atom. The molecule has 8 nitrogen and oxygen atoms in total. The van der Waals surface area contributed by atoms with E-state index in [2.05, 4.69) is 28.8 Å². The van der Waals surface area contributed by atoms with Gasteiger partial charge in [0.15, 0.2) is 0 Å². The second kappa shape index (κ2) is 12.8. The van der Waals surface area contributed by atoms with Crippen LogP contribution in [0.15, 0.2) is 58.5 Å². The minimum absolute atomic E-state index is 0.0737. The Bertz CT molecular complexity index is 1390. The first-order valence-corrected chi connectivity index (χ1v) is 15.4. The second-order valence-electron chi connectivity index (χ2n) is 10.0. The number of sulfone groups is 1. The molecule has 210 valence electrons. The summed E-state index contributed by atoms with van der Waals surface area (Å²) in [5, 5.41) is 0.679. The van der Waals surface area contributed by atoms with Crippen molar-refractivity contribution in [2.24, 2.45) is 0 Å². The molecule has 0 spiro atoms. The number of nitrogens with zero attached hydrogens (tertiary/aromatic N) is 4. The van der Waals surface area contributed by atoms with Crippen molar-refractivity contribution >= 4 is 32.3 Å². The molecule has 0 N–H and O–H groups in total. The number of amides is 1. The van der Waals surface area contributed by atoms with Crippen LogP contribution >= 0.6 is 0 Å². The monoisotopic (exact) mass is 552 g/mol. The van der Waals surface area contributed by atoms with E-state index in [-0.39, 0.29) is 15.7 Å². The summed E-state index contributed by atoms with van der Waals surface area (Å²) in [6.45, 7) is 10.9. The van der Waals surface area contributed by atoms with Crippen molar-refractivity contribution in [2.45, 2.75) is 49.8 Å². The summed E-state index contributed by atoms with van der Waals surface area (Å²) >= 11 is 0. The van der Waals surface area contributed by atoms with Crippen LogP contribution in [-0.4, -0.2) is 82.0 Å². The molecule has 0 bridgehead atoms. The van der Waals surface area contributed by atoms with Crippen molar-refractivity contribution in [3.63, 3.8) is 0 Å². The average Bonchev–Trinajstić information content (AvgIpc) is 3.17. The van der Waals surface area contributed by atoms with Crippen molar-refractivity contribution in [1.29, 1.82) is 0 Å². The number of hydrogen-bond donors (Lipinski definition) is 0. The lowest BCUT2D eigenvalue weighted by atomic mass is 10.1. The van der Waals surface area contributed by atoms with Gasteiger partial charge >= 0.3 is 0 Å². The summed E-state index contributed by atoms with van der Waals surface area (Å²) in [6.07, 6.45) is 4.34. The Morgan fingerprint density at radius 1 is 1.00 bits per heavy atom. The third kappa shape index (κ3) is 6.36. The maximum absolute atomic E-state index is 14.1. The highest BCUT2D eigenvalue weighted by Gasteiger charge is 2.28. The van der Waals surface area contributed by atoms with E-state index in [4.69, 9.17) is 4.74 Å². The van der Waals surface area contributed by atoms with Crippen LogP contribution in [0.1, 0.15) is 50.4 Å². The second-order valence-corrected chi connectivity index (χ2v) is 11.9. The third-order valence-electron chi connectivity index (χ3n) is 7.33. The minimum atomic E-state index is -3.91. The van der Waals surface area contributed by atoms with Crippen LogP contribution in [0.3, 0.4) is 0 Å². The maximum atomic E-state index is 14.1. The number of carbonyl (C=O) groups excluding carboxylic acids is 1. The lowest BCUT2D eigenvalue weighted by Gasteiger charge is -2.27. The fourth-order valence-electron chi connectivity index (χ4n) is 4.96. The summed E-state index contributed by atoms with van der Waals surface area (Å²) in [7, 11) is -1.83. The summed E-state index contributed by atoms with van der Waals surface area (Å²) in [5.74, 6) is 0.574. The smallest absolute Gasteiger partial charge is 0.253 e. The number of carbonyl (C=O) groups is 1. The fraction of sp³-hybridized carbons (Fsp3) is 0.467. The molecule has 2 aromatic carbocycles. The molecule has 1 amide bonds. The van der Waals surface area contributed by atoms with E-state index in [9.17, 15) is 13.2 Å². The molecule has 2 heterocycles. The maximum Gasteiger partial charge on any atom is 0.253 e. The minimum Gasteiger partial charge on any atom is -0.494 e. The Balaban J connectivity index is 1.84. The lowest BCUT2D eigenvalue weighted by molar-refractivity contribution is 0.0773. The number of ether oxygens (including phenoxy) is 1. The van der Waals surface area contributed by atoms with Gasteiger partial charge in [-0.15, -0.1) is 0 Å². The van der Waals surface area contributed by atoms with Crippen LogP contribution in [0.5, 0.6) is 5.75 Å². The molecule has 1 aromatic heterocycles. The predicted octanol–water partition coefficient (Wildman–Crippen LogP) is 4.87. The van der Waals surface area contributed by atoms with Crippen molar-refractivity contribution in [1.82, 2.24) is 14.8 Å². The zero-order chi connectivity index (χ0) is 28.0. The molecular weight excluding hydrogens is 512 g/mol. The fourth-order valence-corrected chi connectivity index (χ4v) is 6.39. The van der Waals surface area contributed by atoms with Crippen molar-refractivity contribution in [3.05, 3.63) is 54.2 Å². The number of aromatic nitrogens is 1. The molecule has 1 aliphatic rings. The molecule has 0 radical (unpaired) electrons. The molecular formula is C30H40N4O4S. The van der Waals surface area contributed by atoms with Crippen molar-refractivity contribution < 1.29 is 17.9 Å². The molecule has 0 saturated carbocycles. The number of pyridine rings is 1. The molecule has 1 aliphatic heterocycles. The number of anilines is 1. The first kappa shape index (κ1) is 28.8. The normalized spacial score (nSPS) is 14.8. The average molecular weight is 553 g/mol. The van der Waals surface area contributed by atoms with Crippen molar-refractivity contribution in [3.8, 4) is 5.75 Å². The Kier molecular flexibility index (Phi) is 9.45. The molecule has 0 atom stereocenters. The highest BCUT2D eigenvalue weighted by Crippen LogP contribution is 2.37. The molecule has 39 heavy (non-hydrogen) atoms. The van der Waals surface area contributed by atoms with E-state index >= 15 is 0 Å². The molecule has 1 saturated heterocycles. The van der Waals surface area contributed by atoms with Crippen LogP contribution in [0.2, 0.25) is 0 Å². The highest BCUT2D eigenvalue weighted by atomic mass is 32.2. The topological polar surface area (TPSA) is 83.0 Å². The number of fused-ring (bicyclic) bond motifs is 1. The summed E-state index contributed by atoms with van der Waals surface area (Å²) in [6, 6.07) is 12.0. The summed E-state index contributed by atoms with van der Waals surface area (Å²) in [5.41, 5.74) is 1.81. The van der Waals surface area contributed by atoms with Gasteiger partial charge in [-0.3, -0.25) is 9.78 Å². The van der Waals surface area contributed by atoms with Gasteiger partial charge in [-0.1, -0.05) is 13.3 Å². The SMILES string of the molecule is CCCCOc1ccc(S(=O)(=O)c2cnc3ccc(C(=O)N(CC)CC)cc3c2N2CCCN(C)CC2)cc1. The molecule has 1 fully saturated rings. The molecule has 0 aliphatic carbocycles. The molecule has 4 rings (SSSR count). The summed E-state index contributed by atoms with van der Waals surface area (Å²) < 4.78 is 33.9. The van der Waals surface area contributed by atoms with E-state index < -0.39 is 9.84 Å². The third-order valence-corrected chi connectivity index (χ3v) is 9.10. The first-order valence-electron chi connectivity index (χ1n) is 13.9. The van der Waals surface area contributed by atoms with Crippen LogP contribution in [-0.2, 0) is 9.84 Å². The number of likely N-dealkylation sites (N-methyl/N-ethyl adjacent to an activating group) is 1. The zero-order valence-electron chi connectivity index (χ0n) is 23.5. The van der Waals surface area contributed by atoms with Gasteiger partial charge in [0.05, 0.1) is 22.7 Å². The van der Waals surface area contributed by atoms with Gasteiger partial charge in [0.2, 0.25) is 9.84 Å². The zero-order valence-corrected chi connectivity index (χ0v) is 24.3. The Morgan fingerprint density at radius 3 is 2.44 bits per heavy atom. The molecule has 9 heteroatoms. The Labute approximate surface area is 232 Å². The van der Waals surface area contributed by atoms with E-state index in [1.54, 1.807) is 35.2 Å². The molecule has 3 aromatic rings. The van der Waals surface area contributed by atoms with Crippen LogP contribution in [0.25, 0.3) is 10.9 Å². The number of benzene rings is 2. The Hall–Kier alpha value is -3.17. The van der Waals surface area contributed by atoms with Crippen molar-refractivity contribution in [2.75, 3.05) is 57.8 Å². The lowest BCUT2D eigenvalue weighted by Crippen LogP contribution is -2.31. The number of hydrogen-bond acceptors (Lipinski definition) is 7. The largest absolute Gasteiger partial charge is 0.494 e. The first-order chi connectivity index (χ1) is 18.8. The van der Waals surface area contributed by atoms with Gasteiger partial charge in [-0.2, -0.15) is 0 Å². The van der Waals surface area contributed by atoms with Gasteiger partial charge in [-0.25, -0.2) is 8.42 Å². The number of rotatable bonds is 10. The van der Waals surface area contributed by atoms with E-state index in [0.29, 0.717) is 60.7 Å². The van der Waals surface area contributed by atoms with Gasteiger partial charge in [0, 0.05) is 49.9 Å². The summed E-state index contributed by atoms with van der Waals surface area (Å²) in [4.78, 5) is 24.3. The van der Waals surface area contributed by atoms with E-state index in [0.717, 1.165) is 32.4 Å². The standard InChI is InChI=1S/C30H40N4O4S/c1-5-8-20-38-24-11-13-25(14-12-24)39(36,37)28-22-31-27-15-10-23(30(35)33(6-2)7-3)21-26(27)29(28)34-17-9-16-32(4)18-19-34/h10-15,21-22H,5-9,16-20H2,1-4H3. The van der Waals surface area contributed by atoms with E-state index in [1.165, 1.54) is 6.20 Å². The highest BCUT2D eigenvalue weighted by molar-refractivity contribution is 7.91. The van der Waals surface area contributed by atoms with Crippen LogP contribution < -0.4 is 9.64 Å². The van der Waals surface area contributed by atoms with Crippen LogP contribution in [0.4, 0.5) is 5.69 Å². The number of unbranched alkanes of at least 4 members (excludes halogenated alkanes) is 1. The van der Waals surface area contributed by atoms with Crippen LogP contribution in [0, 0.1) is 0 Å². The quantitative estimate of drug-likeness (QED) is 0.332. The van der Waals surface area contributed by atoms with Gasteiger partial charge < -0.3 is 19.4 Å². The van der Waals surface area contributed by atoms with E-state index in [1.807, 2.05) is 26.0 Å².